The Kier molecular flexibility index (Phi) is 5.21. The zero-order chi connectivity index (χ0) is 12.8. The van der Waals surface area contributed by atoms with Crippen molar-refractivity contribution < 1.29 is 0 Å². The summed E-state index contributed by atoms with van der Waals surface area (Å²) in [6.07, 6.45) is 3.89. The summed E-state index contributed by atoms with van der Waals surface area (Å²) >= 11 is 0. The molecule has 0 saturated carbocycles. The van der Waals surface area contributed by atoms with Crippen molar-refractivity contribution in [1.82, 2.24) is 10.2 Å². The van der Waals surface area contributed by atoms with E-state index in [4.69, 9.17) is 0 Å². The van der Waals surface area contributed by atoms with Crippen LogP contribution in [0.1, 0.15) is 37.3 Å². The second-order valence-corrected chi connectivity index (χ2v) is 5.46. The molecular formula is C16H26N2. The van der Waals surface area contributed by atoms with Crippen LogP contribution in [-0.4, -0.2) is 30.6 Å². The molecule has 2 nitrogen and oxygen atoms in total. The van der Waals surface area contributed by atoms with Crippen molar-refractivity contribution in [3.63, 3.8) is 0 Å². The molecule has 1 aromatic carbocycles. The molecule has 1 unspecified atom stereocenters. The Labute approximate surface area is 111 Å². The minimum absolute atomic E-state index is 0.734. The molecule has 2 heteroatoms. The Morgan fingerprint density at radius 2 is 2.06 bits per heavy atom. The largest absolute Gasteiger partial charge is 0.315 e. The van der Waals surface area contributed by atoms with Crippen molar-refractivity contribution in [2.24, 2.45) is 0 Å². The summed E-state index contributed by atoms with van der Waals surface area (Å²) in [4.78, 5) is 2.66. The number of rotatable bonds is 6. The van der Waals surface area contributed by atoms with Crippen LogP contribution in [-0.2, 0) is 6.54 Å². The van der Waals surface area contributed by atoms with Gasteiger partial charge >= 0.3 is 0 Å². The summed E-state index contributed by atoms with van der Waals surface area (Å²) in [6, 6.07) is 9.73. The maximum atomic E-state index is 3.48. The molecule has 0 aliphatic carbocycles. The van der Waals surface area contributed by atoms with Gasteiger partial charge in [0.15, 0.2) is 0 Å². The standard InChI is InChI=1S/C16H26N2/c1-3-4-11-18(16-9-10-17-12-16)13-15-7-5-14(2)6-8-15/h5-8,16-17H,3-4,9-13H2,1-2H3. The third kappa shape index (κ3) is 3.82. The fourth-order valence-corrected chi connectivity index (χ4v) is 2.63. The molecule has 1 aliphatic rings. The lowest BCUT2D eigenvalue weighted by Gasteiger charge is -2.28. The van der Waals surface area contributed by atoms with Gasteiger partial charge in [-0.05, 0) is 38.4 Å². The Morgan fingerprint density at radius 3 is 2.67 bits per heavy atom. The van der Waals surface area contributed by atoms with Crippen LogP contribution in [0.25, 0.3) is 0 Å². The summed E-state index contributed by atoms with van der Waals surface area (Å²) < 4.78 is 0. The van der Waals surface area contributed by atoms with E-state index in [0.29, 0.717) is 0 Å². The highest BCUT2D eigenvalue weighted by Gasteiger charge is 2.21. The molecule has 1 aromatic rings. The van der Waals surface area contributed by atoms with Crippen molar-refractivity contribution >= 4 is 0 Å². The van der Waals surface area contributed by atoms with E-state index in [-0.39, 0.29) is 0 Å². The van der Waals surface area contributed by atoms with E-state index in [0.717, 1.165) is 19.1 Å². The monoisotopic (exact) mass is 246 g/mol. The van der Waals surface area contributed by atoms with Gasteiger partial charge in [-0.1, -0.05) is 43.2 Å². The van der Waals surface area contributed by atoms with Crippen LogP contribution in [0, 0.1) is 6.92 Å². The topological polar surface area (TPSA) is 15.3 Å². The number of benzene rings is 1. The second-order valence-electron chi connectivity index (χ2n) is 5.46. The summed E-state index contributed by atoms with van der Waals surface area (Å²) in [5.41, 5.74) is 2.80. The molecule has 0 bridgehead atoms. The van der Waals surface area contributed by atoms with Crippen molar-refractivity contribution in [2.75, 3.05) is 19.6 Å². The molecule has 1 saturated heterocycles. The Morgan fingerprint density at radius 1 is 1.28 bits per heavy atom. The number of aryl methyl sites for hydroxylation is 1. The highest BCUT2D eigenvalue weighted by atomic mass is 15.2. The van der Waals surface area contributed by atoms with Gasteiger partial charge in [0.1, 0.15) is 0 Å². The maximum absolute atomic E-state index is 3.48. The van der Waals surface area contributed by atoms with Gasteiger partial charge in [0.05, 0.1) is 0 Å². The normalized spacial score (nSPS) is 19.6. The van der Waals surface area contributed by atoms with Crippen molar-refractivity contribution in [1.29, 1.82) is 0 Å². The third-order valence-corrected chi connectivity index (χ3v) is 3.86. The summed E-state index contributed by atoms with van der Waals surface area (Å²) in [7, 11) is 0. The number of hydrogen-bond donors (Lipinski definition) is 1. The lowest BCUT2D eigenvalue weighted by Crippen LogP contribution is -2.37. The number of unbranched alkanes of at least 4 members (excludes halogenated alkanes) is 1. The summed E-state index contributed by atoms with van der Waals surface area (Å²) in [5.74, 6) is 0. The first-order valence-electron chi connectivity index (χ1n) is 7.30. The molecule has 1 fully saturated rings. The van der Waals surface area contributed by atoms with Crippen molar-refractivity contribution in [3.05, 3.63) is 35.4 Å². The van der Waals surface area contributed by atoms with E-state index in [2.05, 4.69) is 48.3 Å². The smallest absolute Gasteiger partial charge is 0.0237 e. The predicted octanol–water partition coefficient (Wildman–Crippen LogP) is 2.96. The summed E-state index contributed by atoms with van der Waals surface area (Å²) in [6.45, 7) is 9.11. The molecule has 1 atom stereocenters. The zero-order valence-electron chi connectivity index (χ0n) is 11.8. The van der Waals surface area contributed by atoms with E-state index in [1.165, 1.54) is 43.5 Å². The van der Waals surface area contributed by atoms with Gasteiger partial charge in [-0.15, -0.1) is 0 Å². The first-order valence-corrected chi connectivity index (χ1v) is 7.30. The molecule has 100 valence electrons. The minimum Gasteiger partial charge on any atom is -0.315 e. The quantitative estimate of drug-likeness (QED) is 0.830. The Hall–Kier alpha value is -0.860. The predicted molar refractivity (Wildman–Crippen MR) is 77.8 cm³/mol. The van der Waals surface area contributed by atoms with E-state index in [1.54, 1.807) is 0 Å². The molecule has 1 aliphatic heterocycles. The SMILES string of the molecule is CCCCN(Cc1ccc(C)cc1)C1CCNC1. The van der Waals surface area contributed by atoms with Gasteiger partial charge in [-0.3, -0.25) is 4.90 Å². The highest BCUT2D eigenvalue weighted by Crippen LogP contribution is 2.15. The average molecular weight is 246 g/mol. The lowest BCUT2D eigenvalue weighted by molar-refractivity contribution is 0.196. The molecule has 0 amide bonds. The Bertz CT molecular complexity index is 339. The van der Waals surface area contributed by atoms with Crippen molar-refractivity contribution in [2.45, 2.75) is 45.7 Å². The van der Waals surface area contributed by atoms with Crippen LogP contribution in [0.3, 0.4) is 0 Å². The van der Waals surface area contributed by atoms with Crippen LogP contribution >= 0.6 is 0 Å². The molecule has 18 heavy (non-hydrogen) atoms. The lowest BCUT2D eigenvalue weighted by atomic mass is 10.1. The van der Waals surface area contributed by atoms with Gasteiger partial charge in [0, 0.05) is 19.1 Å². The molecule has 0 aromatic heterocycles. The fraction of sp³-hybridized carbons (Fsp3) is 0.625. The highest BCUT2D eigenvalue weighted by molar-refractivity contribution is 5.21. The number of nitrogens with one attached hydrogen (secondary N) is 1. The first-order chi connectivity index (χ1) is 8.79. The first kappa shape index (κ1) is 13.6. The van der Waals surface area contributed by atoms with Crippen LogP contribution in [0.4, 0.5) is 0 Å². The van der Waals surface area contributed by atoms with E-state index in [1.807, 2.05) is 0 Å². The molecule has 1 heterocycles. The van der Waals surface area contributed by atoms with Gasteiger partial charge in [0.25, 0.3) is 0 Å². The zero-order valence-corrected chi connectivity index (χ0v) is 11.8. The van der Waals surface area contributed by atoms with Gasteiger partial charge < -0.3 is 5.32 Å². The second kappa shape index (κ2) is 6.91. The van der Waals surface area contributed by atoms with Crippen molar-refractivity contribution in [3.8, 4) is 0 Å². The van der Waals surface area contributed by atoms with E-state index < -0.39 is 0 Å². The number of hydrogen-bond acceptors (Lipinski definition) is 2. The average Bonchev–Trinajstić information content (AvgIpc) is 2.90. The molecule has 0 spiro atoms. The van der Waals surface area contributed by atoms with Crippen LogP contribution in [0.5, 0.6) is 0 Å². The van der Waals surface area contributed by atoms with Gasteiger partial charge in [-0.2, -0.15) is 0 Å². The van der Waals surface area contributed by atoms with Gasteiger partial charge in [-0.25, -0.2) is 0 Å². The molecule has 2 rings (SSSR count). The summed E-state index contributed by atoms with van der Waals surface area (Å²) in [5, 5.41) is 3.48. The van der Waals surface area contributed by atoms with Crippen LogP contribution in [0.15, 0.2) is 24.3 Å². The maximum Gasteiger partial charge on any atom is 0.0237 e. The fourth-order valence-electron chi connectivity index (χ4n) is 2.63. The molecular weight excluding hydrogens is 220 g/mol. The minimum atomic E-state index is 0.734. The molecule has 1 N–H and O–H groups in total. The van der Waals surface area contributed by atoms with E-state index >= 15 is 0 Å². The van der Waals surface area contributed by atoms with Crippen LogP contribution in [0.2, 0.25) is 0 Å². The molecule has 0 radical (unpaired) electrons. The third-order valence-electron chi connectivity index (χ3n) is 3.86. The Balaban J connectivity index is 1.97. The van der Waals surface area contributed by atoms with E-state index in [9.17, 15) is 0 Å². The van der Waals surface area contributed by atoms with Crippen LogP contribution < -0.4 is 5.32 Å². The van der Waals surface area contributed by atoms with Gasteiger partial charge in [0.2, 0.25) is 0 Å². The number of nitrogens with zero attached hydrogens (tertiary/aromatic N) is 1.